The zero-order chi connectivity index (χ0) is 8.70. The van der Waals surface area contributed by atoms with Gasteiger partial charge in [0.05, 0.1) is 6.10 Å². The Kier molecular flexibility index (Phi) is 4.18. The largest absolute Gasteiger partial charge is 0.389 e. The molecule has 67 valence electrons. The fourth-order valence-corrected chi connectivity index (χ4v) is 2.11. The molecule has 2 atom stereocenters. The van der Waals surface area contributed by atoms with Gasteiger partial charge in [-0.2, -0.15) is 8.42 Å². The fourth-order valence-electron chi connectivity index (χ4n) is 1.24. The molecule has 5 nitrogen and oxygen atoms in total. The van der Waals surface area contributed by atoms with Gasteiger partial charge in [0.25, 0.3) is 10.1 Å². The SMILES string of the molecule is O=S(=O)(O)C1(O)CCCC1O.[Na]. The van der Waals surface area contributed by atoms with Gasteiger partial charge in [0, 0.05) is 29.6 Å². The molecule has 1 aliphatic rings. The summed E-state index contributed by atoms with van der Waals surface area (Å²) in [6.07, 6.45) is -0.863. The monoisotopic (exact) mass is 205 g/mol. The van der Waals surface area contributed by atoms with Gasteiger partial charge in [-0.25, -0.2) is 0 Å². The van der Waals surface area contributed by atoms with Crippen LogP contribution in [0.3, 0.4) is 0 Å². The zero-order valence-electron chi connectivity index (χ0n) is 6.77. The van der Waals surface area contributed by atoms with E-state index >= 15 is 0 Å². The van der Waals surface area contributed by atoms with Gasteiger partial charge < -0.3 is 10.2 Å². The predicted octanol–water partition coefficient (Wildman–Crippen LogP) is -1.27. The first kappa shape index (κ1) is 12.8. The van der Waals surface area contributed by atoms with Crippen molar-refractivity contribution in [1.82, 2.24) is 0 Å². The Morgan fingerprint density at radius 1 is 1.42 bits per heavy atom. The minimum atomic E-state index is -4.55. The van der Waals surface area contributed by atoms with Crippen LogP contribution >= 0.6 is 0 Å². The van der Waals surface area contributed by atoms with Crippen LogP contribution in [0.25, 0.3) is 0 Å². The van der Waals surface area contributed by atoms with Gasteiger partial charge in [-0.1, -0.05) is 0 Å². The molecule has 3 N–H and O–H groups in total. The molecule has 1 rings (SSSR count). The van der Waals surface area contributed by atoms with Crippen LogP contribution in [-0.4, -0.2) is 63.8 Å². The van der Waals surface area contributed by atoms with Crippen LogP contribution in [0.1, 0.15) is 19.3 Å². The molecule has 12 heavy (non-hydrogen) atoms. The van der Waals surface area contributed by atoms with Crippen LogP contribution in [0.15, 0.2) is 0 Å². The Labute approximate surface area is 92.8 Å². The summed E-state index contributed by atoms with van der Waals surface area (Å²) in [5, 5.41) is 18.2. The molecule has 1 aliphatic carbocycles. The van der Waals surface area contributed by atoms with Crippen molar-refractivity contribution < 1.29 is 23.2 Å². The standard InChI is InChI=1S/C5H10O5S.Na/c6-4-2-1-3-5(4,7)11(8,9)10;/h4,6-7H,1-3H2,(H,8,9,10);. The molecule has 0 bridgehead atoms. The third-order valence-corrected chi connectivity index (χ3v) is 3.35. The number of rotatable bonds is 1. The molecule has 1 saturated carbocycles. The third-order valence-electron chi connectivity index (χ3n) is 1.98. The van der Waals surface area contributed by atoms with Crippen LogP contribution in [0.5, 0.6) is 0 Å². The van der Waals surface area contributed by atoms with Crippen molar-refractivity contribution in [1.29, 1.82) is 0 Å². The Bertz CT molecular complexity index is 251. The first-order valence-corrected chi connectivity index (χ1v) is 4.69. The van der Waals surface area contributed by atoms with E-state index in [1.54, 1.807) is 0 Å². The van der Waals surface area contributed by atoms with Crippen molar-refractivity contribution >= 4 is 39.7 Å². The van der Waals surface area contributed by atoms with E-state index in [-0.39, 0.29) is 42.4 Å². The predicted molar refractivity (Wildman–Crippen MR) is 42.1 cm³/mol. The second kappa shape index (κ2) is 3.91. The minimum Gasteiger partial charge on any atom is -0.389 e. The fraction of sp³-hybridized carbons (Fsp3) is 1.00. The summed E-state index contributed by atoms with van der Waals surface area (Å²) in [4.78, 5) is -2.33. The molecule has 2 unspecified atom stereocenters. The van der Waals surface area contributed by atoms with E-state index in [1.165, 1.54) is 0 Å². The van der Waals surface area contributed by atoms with Crippen LogP contribution in [0.2, 0.25) is 0 Å². The molecule has 0 spiro atoms. The first-order valence-electron chi connectivity index (χ1n) is 3.25. The Balaban J connectivity index is 0.00000121. The molecule has 0 saturated heterocycles. The summed E-state index contributed by atoms with van der Waals surface area (Å²) in [7, 11) is -4.55. The molecule has 0 amide bonds. The van der Waals surface area contributed by atoms with Crippen molar-refractivity contribution in [3.05, 3.63) is 0 Å². The Morgan fingerprint density at radius 3 is 2.08 bits per heavy atom. The van der Waals surface area contributed by atoms with Crippen molar-refractivity contribution in [3.63, 3.8) is 0 Å². The Hall–Kier alpha value is 0.830. The average Bonchev–Trinajstić information content (AvgIpc) is 2.12. The van der Waals surface area contributed by atoms with E-state index in [0.29, 0.717) is 6.42 Å². The molecule has 1 fully saturated rings. The van der Waals surface area contributed by atoms with E-state index in [1.807, 2.05) is 0 Å². The van der Waals surface area contributed by atoms with Gasteiger partial charge >= 0.3 is 0 Å². The maximum Gasteiger partial charge on any atom is 0.297 e. The van der Waals surface area contributed by atoms with Crippen molar-refractivity contribution in [3.8, 4) is 0 Å². The van der Waals surface area contributed by atoms with Crippen LogP contribution < -0.4 is 0 Å². The molecule has 0 aliphatic heterocycles. The second-order valence-corrected chi connectivity index (χ2v) is 4.38. The molecular formula is C5H10NaO5S. The smallest absolute Gasteiger partial charge is 0.297 e. The summed E-state index contributed by atoms with van der Waals surface area (Å²) in [5.41, 5.74) is 0. The minimum absolute atomic E-state index is 0. The van der Waals surface area contributed by atoms with E-state index in [0.717, 1.165) is 0 Å². The van der Waals surface area contributed by atoms with E-state index in [2.05, 4.69) is 0 Å². The third kappa shape index (κ3) is 2.01. The van der Waals surface area contributed by atoms with E-state index in [9.17, 15) is 13.5 Å². The van der Waals surface area contributed by atoms with Crippen LogP contribution in [-0.2, 0) is 10.1 Å². The molecular weight excluding hydrogens is 195 g/mol. The maximum atomic E-state index is 10.5. The molecule has 0 heterocycles. The molecule has 1 radical (unpaired) electrons. The van der Waals surface area contributed by atoms with Crippen LogP contribution in [0, 0.1) is 0 Å². The molecule has 0 aromatic rings. The van der Waals surface area contributed by atoms with Gasteiger partial charge in [-0.3, -0.25) is 4.55 Å². The summed E-state index contributed by atoms with van der Waals surface area (Å²) >= 11 is 0. The van der Waals surface area contributed by atoms with E-state index in [4.69, 9.17) is 9.66 Å². The van der Waals surface area contributed by atoms with Gasteiger partial charge in [0.15, 0.2) is 0 Å². The summed E-state index contributed by atoms with van der Waals surface area (Å²) < 4.78 is 29.5. The van der Waals surface area contributed by atoms with Crippen molar-refractivity contribution in [2.24, 2.45) is 0 Å². The number of hydrogen-bond acceptors (Lipinski definition) is 4. The number of aliphatic hydroxyl groups is 2. The number of aliphatic hydroxyl groups excluding tert-OH is 1. The normalized spacial score (nSPS) is 36.1. The summed E-state index contributed by atoms with van der Waals surface area (Å²) in [5.74, 6) is 0. The molecule has 7 heteroatoms. The Morgan fingerprint density at radius 2 is 1.92 bits per heavy atom. The van der Waals surface area contributed by atoms with Crippen molar-refractivity contribution in [2.75, 3.05) is 0 Å². The quantitative estimate of drug-likeness (QED) is 0.366. The molecule has 0 aromatic heterocycles. The van der Waals surface area contributed by atoms with Gasteiger partial charge in [0.2, 0.25) is 4.93 Å². The number of hydrogen-bond donors (Lipinski definition) is 3. The van der Waals surface area contributed by atoms with Crippen LogP contribution in [0.4, 0.5) is 0 Å². The zero-order valence-corrected chi connectivity index (χ0v) is 9.58. The van der Waals surface area contributed by atoms with Gasteiger partial charge in [0.1, 0.15) is 0 Å². The van der Waals surface area contributed by atoms with Gasteiger partial charge in [-0.05, 0) is 19.3 Å². The topological polar surface area (TPSA) is 94.8 Å². The summed E-state index contributed by atoms with van der Waals surface area (Å²) in [6, 6.07) is 0. The van der Waals surface area contributed by atoms with Crippen molar-refractivity contribution in [2.45, 2.75) is 30.3 Å². The van der Waals surface area contributed by atoms with E-state index < -0.39 is 21.2 Å². The van der Waals surface area contributed by atoms with Gasteiger partial charge in [-0.15, -0.1) is 0 Å². The first-order chi connectivity index (χ1) is 4.88. The second-order valence-electron chi connectivity index (χ2n) is 2.73. The maximum absolute atomic E-state index is 10.5. The molecule has 0 aromatic carbocycles. The average molecular weight is 205 g/mol. The summed E-state index contributed by atoms with van der Waals surface area (Å²) in [6.45, 7) is 0.